The molecule has 2 rings (SSSR count). The summed E-state index contributed by atoms with van der Waals surface area (Å²) >= 11 is 1.68. The van der Waals surface area contributed by atoms with Gasteiger partial charge in [-0.3, -0.25) is 9.59 Å². The van der Waals surface area contributed by atoms with Crippen molar-refractivity contribution in [1.29, 1.82) is 0 Å². The number of fused-ring (bicyclic) bond motifs is 1. The van der Waals surface area contributed by atoms with Crippen LogP contribution in [0.25, 0.3) is 0 Å². The molecule has 5 nitrogen and oxygen atoms in total. The van der Waals surface area contributed by atoms with Gasteiger partial charge in [-0.15, -0.1) is 11.8 Å². The third-order valence-electron chi connectivity index (χ3n) is 4.15. The topological polar surface area (TPSA) is 69.6 Å². The van der Waals surface area contributed by atoms with Gasteiger partial charge >= 0.3 is 0 Å². The van der Waals surface area contributed by atoms with Gasteiger partial charge in [0.05, 0.1) is 10.5 Å². The molecule has 0 aromatic heterocycles. The predicted molar refractivity (Wildman–Crippen MR) is 74.7 cm³/mol. The van der Waals surface area contributed by atoms with Gasteiger partial charge in [-0.1, -0.05) is 6.92 Å². The summed E-state index contributed by atoms with van der Waals surface area (Å²) in [7, 11) is 0. The Bertz CT molecular complexity index is 399. The minimum absolute atomic E-state index is 0.0647. The fraction of sp³-hybridized carbons (Fsp3) is 0.846. The normalized spacial score (nSPS) is 33.2. The number of hydrogen-bond donors (Lipinski definition) is 2. The molecule has 108 valence electrons. The lowest BCUT2D eigenvalue weighted by Crippen LogP contribution is -2.52. The lowest BCUT2D eigenvalue weighted by molar-refractivity contribution is -0.138. The van der Waals surface area contributed by atoms with Crippen molar-refractivity contribution in [1.82, 2.24) is 10.2 Å². The van der Waals surface area contributed by atoms with Crippen LogP contribution in [0.4, 0.5) is 0 Å². The number of carbonyl (C=O) groups excluding carboxylic acids is 2. The van der Waals surface area contributed by atoms with Gasteiger partial charge in [-0.25, -0.2) is 0 Å². The van der Waals surface area contributed by atoms with E-state index in [2.05, 4.69) is 5.32 Å². The van der Waals surface area contributed by atoms with Crippen LogP contribution < -0.4 is 5.32 Å². The smallest absolute Gasteiger partial charge is 0.243 e. The van der Waals surface area contributed by atoms with Crippen LogP contribution in [0.3, 0.4) is 0 Å². The van der Waals surface area contributed by atoms with Crippen molar-refractivity contribution >= 4 is 23.6 Å². The van der Waals surface area contributed by atoms with Crippen LogP contribution in [-0.4, -0.2) is 50.6 Å². The first-order chi connectivity index (χ1) is 8.79. The summed E-state index contributed by atoms with van der Waals surface area (Å²) in [5.41, 5.74) is -0.889. The fourth-order valence-corrected chi connectivity index (χ4v) is 3.97. The molecule has 0 saturated carbocycles. The molecule has 0 radical (unpaired) electrons. The number of amides is 2. The fourth-order valence-electron chi connectivity index (χ4n) is 2.54. The van der Waals surface area contributed by atoms with E-state index in [0.29, 0.717) is 18.6 Å². The second kappa shape index (κ2) is 4.98. The maximum Gasteiger partial charge on any atom is 0.243 e. The average Bonchev–Trinajstić information content (AvgIpc) is 2.84. The highest BCUT2D eigenvalue weighted by molar-refractivity contribution is 8.01. The predicted octanol–water partition coefficient (Wildman–Crippen LogP) is 0.718. The average molecular weight is 286 g/mol. The first-order valence-corrected chi connectivity index (χ1v) is 7.74. The molecule has 19 heavy (non-hydrogen) atoms. The molecule has 3 unspecified atom stereocenters. The van der Waals surface area contributed by atoms with Gasteiger partial charge in [0.2, 0.25) is 11.8 Å². The van der Waals surface area contributed by atoms with Crippen molar-refractivity contribution in [2.45, 2.75) is 56.5 Å². The van der Waals surface area contributed by atoms with Crippen molar-refractivity contribution in [2.75, 3.05) is 12.3 Å². The van der Waals surface area contributed by atoms with E-state index in [-0.39, 0.29) is 23.2 Å². The first-order valence-electron chi connectivity index (χ1n) is 6.75. The summed E-state index contributed by atoms with van der Waals surface area (Å²) in [5.74, 6) is 0.553. The van der Waals surface area contributed by atoms with Gasteiger partial charge in [-0.05, 0) is 26.7 Å². The molecule has 2 saturated heterocycles. The molecule has 2 heterocycles. The van der Waals surface area contributed by atoms with E-state index in [1.165, 1.54) is 0 Å². The van der Waals surface area contributed by atoms with Crippen molar-refractivity contribution < 1.29 is 14.7 Å². The quantitative estimate of drug-likeness (QED) is 0.799. The first kappa shape index (κ1) is 14.7. The van der Waals surface area contributed by atoms with Crippen molar-refractivity contribution in [3.63, 3.8) is 0 Å². The molecule has 0 bridgehead atoms. The van der Waals surface area contributed by atoms with Gasteiger partial charge in [0.1, 0.15) is 6.04 Å². The summed E-state index contributed by atoms with van der Waals surface area (Å²) in [6.07, 6.45) is 1.92. The maximum atomic E-state index is 12.2. The highest BCUT2D eigenvalue weighted by Crippen LogP contribution is 2.47. The molecule has 2 aliphatic heterocycles. The Kier molecular flexibility index (Phi) is 3.84. The molecule has 0 aromatic carbocycles. The second-order valence-electron chi connectivity index (χ2n) is 5.83. The van der Waals surface area contributed by atoms with E-state index >= 15 is 0 Å². The number of hydrogen-bond acceptors (Lipinski definition) is 4. The minimum Gasteiger partial charge on any atom is -0.388 e. The highest BCUT2D eigenvalue weighted by Gasteiger charge is 2.52. The zero-order chi connectivity index (χ0) is 14.3. The number of carbonyl (C=O) groups is 2. The SMILES string of the molecule is CCC(C)(O)CNC(=O)C1CSC2(C)CCC(=O)N12. The largest absolute Gasteiger partial charge is 0.388 e. The lowest BCUT2D eigenvalue weighted by atomic mass is 10.0. The summed E-state index contributed by atoms with van der Waals surface area (Å²) in [4.78, 5) is 25.6. The monoisotopic (exact) mass is 286 g/mol. The summed E-state index contributed by atoms with van der Waals surface area (Å²) < 4.78 is 0. The summed E-state index contributed by atoms with van der Waals surface area (Å²) in [6.45, 7) is 5.82. The van der Waals surface area contributed by atoms with Gasteiger partial charge in [0.15, 0.2) is 0 Å². The number of nitrogens with zero attached hydrogens (tertiary/aromatic N) is 1. The molecular formula is C13H22N2O3S. The zero-order valence-corrected chi connectivity index (χ0v) is 12.5. The van der Waals surface area contributed by atoms with Crippen molar-refractivity contribution in [3.8, 4) is 0 Å². The van der Waals surface area contributed by atoms with Crippen LogP contribution in [0.5, 0.6) is 0 Å². The van der Waals surface area contributed by atoms with Gasteiger partial charge < -0.3 is 15.3 Å². The Morgan fingerprint density at radius 3 is 3.00 bits per heavy atom. The molecule has 3 atom stereocenters. The molecule has 0 spiro atoms. The Labute approximate surface area is 118 Å². The van der Waals surface area contributed by atoms with Crippen molar-refractivity contribution in [3.05, 3.63) is 0 Å². The Hall–Kier alpha value is -0.750. The molecule has 2 aliphatic rings. The van der Waals surface area contributed by atoms with Crippen molar-refractivity contribution in [2.24, 2.45) is 0 Å². The molecule has 0 aromatic rings. The van der Waals surface area contributed by atoms with Crippen LogP contribution in [0.15, 0.2) is 0 Å². The maximum absolute atomic E-state index is 12.2. The standard InChI is InChI=1S/C13H22N2O3S/c1-4-12(2,18)8-14-11(17)9-7-19-13(3)6-5-10(16)15(9)13/h9,18H,4-8H2,1-3H3,(H,14,17). The van der Waals surface area contributed by atoms with Gasteiger partial charge in [-0.2, -0.15) is 0 Å². The van der Waals surface area contributed by atoms with Crippen LogP contribution in [-0.2, 0) is 9.59 Å². The summed E-state index contributed by atoms with van der Waals surface area (Å²) in [5, 5.41) is 12.7. The van der Waals surface area contributed by atoms with Gasteiger partial charge in [0.25, 0.3) is 0 Å². The van der Waals surface area contributed by atoms with E-state index in [4.69, 9.17) is 0 Å². The van der Waals surface area contributed by atoms with Crippen LogP contribution in [0.2, 0.25) is 0 Å². The molecule has 0 aliphatic carbocycles. The minimum atomic E-state index is -0.889. The van der Waals surface area contributed by atoms with E-state index in [9.17, 15) is 14.7 Å². The zero-order valence-electron chi connectivity index (χ0n) is 11.7. The number of nitrogens with one attached hydrogen (secondary N) is 1. The highest BCUT2D eigenvalue weighted by atomic mass is 32.2. The second-order valence-corrected chi connectivity index (χ2v) is 7.34. The Balaban J connectivity index is 1.99. The third kappa shape index (κ3) is 2.74. The van der Waals surface area contributed by atoms with Crippen LogP contribution in [0, 0.1) is 0 Å². The lowest BCUT2D eigenvalue weighted by Gasteiger charge is -2.30. The third-order valence-corrected chi connectivity index (χ3v) is 5.66. The van der Waals surface area contributed by atoms with E-state index < -0.39 is 11.6 Å². The van der Waals surface area contributed by atoms with E-state index in [1.54, 1.807) is 23.6 Å². The number of rotatable bonds is 4. The molecule has 6 heteroatoms. The van der Waals surface area contributed by atoms with Crippen LogP contribution >= 0.6 is 11.8 Å². The van der Waals surface area contributed by atoms with Crippen LogP contribution in [0.1, 0.15) is 40.0 Å². The Morgan fingerprint density at radius 1 is 1.68 bits per heavy atom. The van der Waals surface area contributed by atoms with E-state index in [0.717, 1.165) is 6.42 Å². The molecule has 2 N–H and O–H groups in total. The number of thioether (sulfide) groups is 1. The molecular weight excluding hydrogens is 264 g/mol. The van der Waals surface area contributed by atoms with E-state index in [1.807, 2.05) is 13.8 Å². The molecule has 2 amide bonds. The van der Waals surface area contributed by atoms with Gasteiger partial charge in [0, 0.05) is 18.7 Å². The summed E-state index contributed by atoms with van der Waals surface area (Å²) in [6, 6.07) is -0.391. The number of aliphatic hydroxyl groups is 1. The molecule has 2 fully saturated rings. The Morgan fingerprint density at radius 2 is 2.37 bits per heavy atom.